The number of hydrogen-bond acceptors (Lipinski definition) is 3. The zero-order valence-corrected chi connectivity index (χ0v) is 7.63. The van der Waals surface area contributed by atoms with Gasteiger partial charge in [0.25, 0.3) is 0 Å². The van der Waals surface area contributed by atoms with Crippen LogP contribution < -0.4 is 5.73 Å². The third-order valence-electron chi connectivity index (χ3n) is 2.09. The highest BCUT2D eigenvalue weighted by Gasteiger charge is 2.34. The number of nitrogens with two attached hydrogens (primary N) is 1. The largest absolute Gasteiger partial charge is 0.328 e. The first-order chi connectivity index (χ1) is 4.91. The van der Waals surface area contributed by atoms with E-state index in [1.165, 1.54) is 10.6 Å². The van der Waals surface area contributed by atoms with Crippen LogP contribution in [0.25, 0.3) is 0 Å². The Morgan fingerprint density at radius 2 is 2.00 bits per heavy atom. The molecule has 0 saturated carbocycles. The van der Waals surface area contributed by atoms with E-state index in [0.29, 0.717) is 19.0 Å². The quantitative estimate of drug-likeness (QED) is 0.603. The minimum Gasteiger partial charge on any atom is -0.328 e. The summed E-state index contributed by atoms with van der Waals surface area (Å²) in [6.07, 6.45) is 1.23. The smallest absolute Gasteiger partial charge is 0.211 e. The highest BCUT2D eigenvalue weighted by molar-refractivity contribution is 7.88. The molecule has 0 aliphatic carbocycles. The molecule has 1 heterocycles. The van der Waals surface area contributed by atoms with E-state index < -0.39 is 10.0 Å². The summed E-state index contributed by atoms with van der Waals surface area (Å²) in [5, 5.41) is 0. The van der Waals surface area contributed by atoms with Crippen molar-refractivity contribution in [3.63, 3.8) is 0 Å². The Balaban J connectivity index is 2.42. The van der Waals surface area contributed by atoms with E-state index in [4.69, 9.17) is 5.73 Å². The van der Waals surface area contributed by atoms with Gasteiger partial charge in [-0.2, -0.15) is 0 Å². The summed E-state index contributed by atoms with van der Waals surface area (Å²) in [4.78, 5) is 0. The Morgan fingerprint density at radius 1 is 1.55 bits per heavy atom. The Bertz CT molecular complexity index is 229. The van der Waals surface area contributed by atoms with E-state index in [-0.39, 0.29) is 6.04 Å². The van der Waals surface area contributed by atoms with Crippen LogP contribution in [0.1, 0.15) is 6.92 Å². The molecule has 0 unspecified atom stereocenters. The summed E-state index contributed by atoms with van der Waals surface area (Å²) in [6.45, 7) is 3.09. The first-order valence-electron chi connectivity index (χ1n) is 3.62. The molecule has 0 aromatic rings. The van der Waals surface area contributed by atoms with Gasteiger partial charge in [-0.25, -0.2) is 12.7 Å². The molecule has 4 nitrogen and oxygen atoms in total. The highest BCUT2D eigenvalue weighted by atomic mass is 32.2. The molecule has 1 rings (SSSR count). The fourth-order valence-electron chi connectivity index (χ4n) is 1.07. The zero-order valence-electron chi connectivity index (χ0n) is 6.82. The highest BCUT2D eigenvalue weighted by Crippen LogP contribution is 2.20. The number of hydrogen-bond donors (Lipinski definition) is 1. The van der Waals surface area contributed by atoms with Crippen LogP contribution in [0.2, 0.25) is 0 Å². The molecule has 0 aromatic heterocycles. The zero-order chi connectivity index (χ0) is 8.65. The van der Waals surface area contributed by atoms with Crippen molar-refractivity contribution in [3.05, 3.63) is 0 Å². The molecule has 1 fully saturated rings. The van der Waals surface area contributed by atoms with Crippen molar-refractivity contribution >= 4 is 10.0 Å². The molecule has 0 radical (unpaired) electrons. The molecule has 1 aliphatic heterocycles. The summed E-state index contributed by atoms with van der Waals surface area (Å²) in [5.41, 5.74) is 5.58. The summed E-state index contributed by atoms with van der Waals surface area (Å²) >= 11 is 0. The lowest BCUT2D eigenvalue weighted by molar-refractivity contribution is 0.178. The predicted octanol–water partition coefficient (Wildman–Crippen LogP) is -0.775. The normalized spacial score (nSPS) is 24.6. The average Bonchev–Trinajstić information content (AvgIpc) is 1.51. The predicted molar refractivity (Wildman–Crippen MR) is 43.6 cm³/mol. The Kier molecular flexibility index (Phi) is 2.22. The van der Waals surface area contributed by atoms with Crippen LogP contribution >= 0.6 is 0 Å². The van der Waals surface area contributed by atoms with E-state index in [9.17, 15) is 8.42 Å². The van der Waals surface area contributed by atoms with Gasteiger partial charge < -0.3 is 5.73 Å². The van der Waals surface area contributed by atoms with Gasteiger partial charge >= 0.3 is 0 Å². The minimum atomic E-state index is -2.95. The van der Waals surface area contributed by atoms with Crippen LogP contribution in [0, 0.1) is 5.92 Å². The molecule has 0 bridgehead atoms. The van der Waals surface area contributed by atoms with Gasteiger partial charge in [-0.1, -0.05) is 0 Å². The second-order valence-electron chi connectivity index (χ2n) is 3.20. The van der Waals surface area contributed by atoms with Crippen molar-refractivity contribution < 1.29 is 8.42 Å². The van der Waals surface area contributed by atoms with Crippen LogP contribution in [0.3, 0.4) is 0 Å². The molecule has 2 N–H and O–H groups in total. The van der Waals surface area contributed by atoms with Gasteiger partial charge in [-0.3, -0.25) is 0 Å². The summed E-state index contributed by atoms with van der Waals surface area (Å²) in [5.74, 6) is 0.352. The van der Waals surface area contributed by atoms with Crippen molar-refractivity contribution in [1.82, 2.24) is 4.31 Å². The topological polar surface area (TPSA) is 63.4 Å². The van der Waals surface area contributed by atoms with Crippen LogP contribution in [0.4, 0.5) is 0 Å². The molecule has 5 heteroatoms. The van der Waals surface area contributed by atoms with Gasteiger partial charge in [0.2, 0.25) is 10.0 Å². The fourth-order valence-corrected chi connectivity index (χ4v) is 2.00. The number of nitrogens with zero attached hydrogens (tertiary/aromatic N) is 1. The fraction of sp³-hybridized carbons (Fsp3) is 1.00. The Labute approximate surface area is 67.4 Å². The van der Waals surface area contributed by atoms with Crippen LogP contribution in [0.15, 0.2) is 0 Å². The van der Waals surface area contributed by atoms with E-state index in [1.54, 1.807) is 0 Å². The molecular weight excluding hydrogens is 164 g/mol. The summed E-state index contributed by atoms with van der Waals surface area (Å²) in [7, 11) is -2.95. The van der Waals surface area contributed by atoms with Crippen LogP contribution in [0.5, 0.6) is 0 Å². The summed E-state index contributed by atoms with van der Waals surface area (Å²) < 4.78 is 23.2. The standard InChI is InChI=1S/C6H14N2O2S/c1-5(7)6-3-8(4-6)11(2,9)10/h5-6H,3-4,7H2,1-2H3/t5-/m1/s1. The van der Waals surface area contributed by atoms with E-state index in [1.807, 2.05) is 6.92 Å². The molecule has 0 amide bonds. The van der Waals surface area contributed by atoms with Gasteiger partial charge in [0.1, 0.15) is 0 Å². The molecule has 1 atom stereocenters. The van der Waals surface area contributed by atoms with Crippen molar-refractivity contribution in [2.24, 2.45) is 11.7 Å². The van der Waals surface area contributed by atoms with Crippen molar-refractivity contribution in [1.29, 1.82) is 0 Å². The van der Waals surface area contributed by atoms with Crippen LogP contribution in [-0.2, 0) is 10.0 Å². The molecule has 11 heavy (non-hydrogen) atoms. The maximum atomic E-state index is 10.9. The lowest BCUT2D eigenvalue weighted by atomic mass is 9.96. The molecule has 1 saturated heterocycles. The third-order valence-corrected chi connectivity index (χ3v) is 3.33. The second-order valence-corrected chi connectivity index (χ2v) is 5.18. The average molecular weight is 178 g/mol. The Morgan fingerprint density at radius 3 is 2.27 bits per heavy atom. The first kappa shape index (κ1) is 8.96. The van der Waals surface area contributed by atoms with E-state index in [0.717, 1.165) is 0 Å². The van der Waals surface area contributed by atoms with Gasteiger partial charge in [0.05, 0.1) is 6.26 Å². The summed E-state index contributed by atoms with van der Waals surface area (Å²) in [6, 6.07) is 0.105. The second kappa shape index (κ2) is 2.73. The maximum Gasteiger partial charge on any atom is 0.211 e. The minimum absolute atomic E-state index is 0.105. The molecular formula is C6H14N2O2S. The van der Waals surface area contributed by atoms with Gasteiger partial charge in [0, 0.05) is 25.0 Å². The van der Waals surface area contributed by atoms with Crippen molar-refractivity contribution in [2.75, 3.05) is 19.3 Å². The third kappa shape index (κ3) is 1.91. The molecule has 1 aliphatic rings. The van der Waals surface area contributed by atoms with E-state index in [2.05, 4.69) is 0 Å². The lowest BCUT2D eigenvalue weighted by Gasteiger charge is -2.39. The number of sulfonamides is 1. The molecule has 0 spiro atoms. The SMILES string of the molecule is C[C@@H](N)C1CN(S(C)(=O)=O)C1. The van der Waals surface area contributed by atoms with Crippen LogP contribution in [-0.4, -0.2) is 38.1 Å². The maximum absolute atomic E-state index is 10.9. The van der Waals surface area contributed by atoms with Crippen molar-refractivity contribution in [3.8, 4) is 0 Å². The van der Waals surface area contributed by atoms with Gasteiger partial charge in [0.15, 0.2) is 0 Å². The van der Waals surface area contributed by atoms with E-state index >= 15 is 0 Å². The van der Waals surface area contributed by atoms with Gasteiger partial charge in [-0.15, -0.1) is 0 Å². The van der Waals surface area contributed by atoms with Gasteiger partial charge in [-0.05, 0) is 6.92 Å². The monoisotopic (exact) mass is 178 g/mol. The Hall–Kier alpha value is -0.130. The first-order valence-corrected chi connectivity index (χ1v) is 5.47. The van der Waals surface area contributed by atoms with Crippen molar-refractivity contribution in [2.45, 2.75) is 13.0 Å². The molecule has 0 aromatic carbocycles. The lowest BCUT2D eigenvalue weighted by Crippen LogP contribution is -2.55. The molecule has 66 valence electrons. The number of rotatable bonds is 2.